The average molecular weight is 463 g/mol. The standard InChI is InChI=1S/C20H21ClN4O2S.CH2O2/c21-16-6-1-2-8-19(16)28(26,27)25-14-18(20-17(25)7-3-9-22-20)24-12-11-23-10-4-5-15(23)13-24;2-1-3/h1-3,6-9,14-15H,4-5,10-13H2;1H,(H,2,3). The maximum absolute atomic E-state index is 13.4. The van der Waals surface area contributed by atoms with Crippen molar-refractivity contribution in [1.29, 1.82) is 0 Å². The number of piperazine rings is 1. The van der Waals surface area contributed by atoms with Crippen molar-refractivity contribution in [2.45, 2.75) is 23.8 Å². The maximum atomic E-state index is 13.4. The van der Waals surface area contributed by atoms with Crippen LogP contribution in [0.5, 0.6) is 0 Å². The van der Waals surface area contributed by atoms with E-state index in [1.165, 1.54) is 29.4 Å². The first-order valence-corrected chi connectivity index (χ1v) is 11.8. The van der Waals surface area contributed by atoms with Crippen molar-refractivity contribution in [1.82, 2.24) is 13.9 Å². The Morgan fingerprint density at radius 3 is 2.68 bits per heavy atom. The molecule has 0 spiro atoms. The lowest BCUT2D eigenvalue weighted by Gasteiger charge is -2.38. The zero-order valence-electron chi connectivity index (χ0n) is 16.8. The monoisotopic (exact) mass is 462 g/mol. The summed E-state index contributed by atoms with van der Waals surface area (Å²) in [5, 5.41) is 7.11. The molecule has 0 saturated carbocycles. The van der Waals surface area contributed by atoms with Crippen molar-refractivity contribution in [3.63, 3.8) is 0 Å². The molecule has 8 nitrogen and oxygen atoms in total. The van der Waals surface area contributed by atoms with Crippen molar-refractivity contribution >= 4 is 44.8 Å². The number of hydrogen-bond donors (Lipinski definition) is 1. The summed E-state index contributed by atoms with van der Waals surface area (Å²) in [4.78, 5) is 17.8. The molecular weight excluding hydrogens is 440 g/mol. The van der Waals surface area contributed by atoms with Crippen LogP contribution < -0.4 is 4.90 Å². The molecule has 3 aromatic rings. The summed E-state index contributed by atoms with van der Waals surface area (Å²) in [5.41, 5.74) is 2.16. The van der Waals surface area contributed by atoms with Gasteiger partial charge in [0.05, 0.1) is 16.2 Å². The Bertz CT molecular complexity index is 1200. The minimum absolute atomic E-state index is 0.101. The van der Waals surface area contributed by atoms with Crippen LogP contribution in [-0.4, -0.2) is 66.1 Å². The van der Waals surface area contributed by atoms with Gasteiger partial charge in [-0.15, -0.1) is 0 Å². The molecule has 10 heteroatoms. The summed E-state index contributed by atoms with van der Waals surface area (Å²) in [6, 6.07) is 10.6. The molecule has 1 aromatic carbocycles. The number of aromatic nitrogens is 2. The van der Waals surface area contributed by atoms with E-state index in [9.17, 15) is 8.42 Å². The van der Waals surface area contributed by atoms with Crippen LogP contribution in [0.3, 0.4) is 0 Å². The number of carbonyl (C=O) groups is 1. The van der Waals surface area contributed by atoms with Gasteiger partial charge in [0.25, 0.3) is 16.5 Å². The van der Waals surface area contributed by atoms with Crippen LogP contribution in [0.1, 0.15) is 12.8 Å². The van der Waals surface area contributed by atoms with Crippen LogP contribution >= 0.6 is 11.6 Å². The van der Waals surface area contributed by atoms with Gasteiger partial charge in [0.2, 0.25) is 0 Å². The number of anilines is 1. The first-order chi connectivity index (χ1) is 15.0. The van der Waals surface area contributed by atoms with Gasteiger partial charge in [-0.3, -0.25) is 14.7 Å². The van der Waals surface area contributed by atoms with Gasteiger partial charge in [-0.2, -0.15) is 0 Å². The minimum Gasteiger partial charge on any atom is -0.483 e. The molecule has 0 amide bonds. The van der Waals surface area contributed by atoms with Gasteiger partial charge in [-0.1, -0.05) is 23.7 Å². The minimum atomic E-state index is -3.82. The molecule has 31 heavy (non-hydrogen) atoms. The topological polar surface area (TPSA) is 95.7 Å². The van der Waals surface area contributed by atoms with Gasteiger partial charge in [-0.05, 0) is 43.7 Å². The predicted molar refractivity (Wildman–Crippen MR) is 119 cm³/mol. The van der Waals surface area contributed by atoms with E-state index in [1.807, 2.05) is 0 Å². The highest BCUT2D eigenvalue weighted by molar-refractivity contribution is 7.90. The van der Waals surface area contributed by atoms with Crippen molar-refractivity contribution in [2.75, 3.05) is 31.1 Å². The number of fused-ring (bicyclic) bond motifs is 2. The number of carboxylic acid groups (broad SMARTS) is 1. The summed E-state index contributed by atoms with van der Waals surface area (Å²) in [5.74, 6) is 0. The molecule has 1 unspecified atom stereocenters. The number of benzene rings is 1. The van der Waals surface area contributed by atoms with Crippen LogP contribution in [-0.2, 0) is 14.8 Å². The lowest BCUT2D eigenvalue weighted by Crippen LogP contribution is -2.50. The van der Waals surface area contributed by atoms with Crippen molar-refractivity contribution in [3.05, 3.63) is 53.8 Å². The molecule has 2 aromatic heterocycles. The molecule has 164 valence electrons. The normalized spacial score (nSPS) is 19.0. The quantitative estimate of drug-likeness (QED) is 0.598. The molecular formula is C21H23ClN4O4S. The summed E-state index contributed by atoms with van der Waals surface area (Å²) < 4.78 is 28.1. The SMILES string of the molecule is O=CO.O=S(=O)(c1ccccc1Cl)n1cc(N2CCN3CCCC3C2)c2ncccc21. The molecule has 4 heterocycles. The Morgan fingerprint density at radius 2 is 1.90 bits per heavy atom. The average Bonchev–Trinajstić information content (AvgIpc) is 3.39. The second-order valence-electron chi connectivity index (χ2n) is 7.50. The van der Waals surface area contributed by atoms with Gasteiger partial charge in [0.1, 0.15) is 10.4 Å². The van der Waals surface area contributed by atoms with Crippen LogP contribution in [0.2, 0.25) is 5.02 Å². The highest BCUT2D eigenvalue weighted by Crippen LogP contribution is 2.34. The second-order valence-corrected chi connectivity index (χ2v) is 9.69. The smallest absolute Gasteiger partial charge is 0.290 e. The van der Waals surface area contributed by atoms with E-state index in [-0.39, 0.29) is 16.4 Å². The lowest BCUT2D eigenvalue weighted by atomic mass is 10.1. The third-order valence-corrected chi connectivity index (χ3v) is 7.98. The fraction of sp³-hybridized carbons (Fsp3) is 0.333. The zero-order valence-corrected chi connectivity index (χ0v) is 18.3. The third-order valence-electron chi connectivity index (χ3n) is 5.81. The number of rotatable bonds is 3. The number of pyridine rings is 1. The molecule has 2 aliphatic rings. The van der Waals surface area contributed by atoms with Gasteiger partial charge in [0, 0.05) is 38.1 Å². The van der Waals surface area contributed by atoms with Gasteiger partial charge >= 0.3 is 0 Å². The van der Waals surface area contributed by atoms with Gasteiger partial charge < -0.3 is 10.0 Å². The molecule has 0 aliphatic carbocycles. The van der Waals surface area contributed by atoms with Gasteiger partial charge in [0.15, 0.2) is 0 Å². The van der Waals surface area contributed by atoms with Gasteiger partial charge in [-0.25, -0.2) is 12.4 Å². The predicted octanol–water partition coefficient (Wildman–Crippen LogP) is 2.91. The van der Waals surface area contributed by atoms with Crippen LogP contribution in [0, 0.1) is 0 Å². The van der Waals surface area contributed by atoms with Crippen molar-refractivity contribution in [2.24, 2.45) is 0 Å². The molecule has 2 aliphatic heterocycles. The van der Waals surface area contributed by atoms with E-state index in [0.717, 1.165) is 25.3 Å². The fourth-order valence-corrected chi connectivity index (χ4v) is 6.26. The molecule has 1 atom stereocenters. The Labute approximate surface area is 185 Å². The van der Waals surface area contributed by atoms with E-state index < -0.39 is 10.0 Å². The molecule has 0 radical (unpaired) electrons. The zero-order chi connectivity index (χ0) is 22.0. The summed E-state index contributed by atoms with van der Waals surface area (Å²) >= 11 is 6.20. The molecule has 1 N–H and O–H groups in total. The highest BCUT2D eigenvalue weighted by atomic mass is 35.5. The Kier molecular flexibility index (Phi) is 6.17. The Morgan fingerprint density at radius 1 is 1.13 bits per heavy atom. The Balaban J connectivity index is 0.000000730. The molecule has 2 saturated heterocycles. The van der Waals surface area contributed by atoms with E-state index in [4.69, 9.17) is 21.5 Å². The van der Waals surface area contributed by atoms with Crippen LogP contribution in [0.15, 0.2) is 53.7 Å². The number of hydrogen-bond acceptors (Lipinski definition) is 6. The summed E-state index contributed by atoms with van der Waals surface area (Å²) in [6.45, 7) is 3.70. The Hall–Kier alpha value is -2.62. The molecule has 5 rings (SSSR count). The van der Waals surface area contributed by atoms with E-state index in [0.29, 0.717) is 17.1 Å². The van der Waals surface area contributed by atoms with E-state index in [1.54, 1.807) is 42.7 Å². The first-order valence-electron chi connectivity index (χ1n) is 10.0. The fourth-order valence-electron chi connectivity index (χ4n) is 4.41. The number of nitrogens with zero attached hydrogens (tertiary/aromatic N) is 4. The lowest BCUT2D eigenvalue weighted by molar-refractivity contribution is -0.122. The van der Waals surface area contributed by atoms with E-state index in [2.05, 4.69) is 14.8 Å². The van der Waals surface area contributed by atoms with Crippen LogP contribution in [0.25, 0.3) is 11.0 Å². The summed E-state index contributed by atoms with van der Waals surface area (Å²) in [7, 11) is -3.82. The van der Waals surface area contributed by atoms with E-state index >= 15 is 0 Å². The number of halogens is 1. The largest absolute Gasteiger partial charge is 0.483 e. The van der Waals surface area contributed by atoms with Crippen LogP contribution in [0.4, 0.5) is 5.69 Å². The highest BCUT2D eigenvalue weighted by Gasteiger charge is 2.33. The van der Waals surface area contributed by atoms with Crippen molar-refractivity contribution in [3.8, 4) is 0 Å². The van der Waals surface area contributed by atoms with Crippen molar-refractivity contribution < 1.29 is 18.3 Å². The second kappa shape index (κ2) is 8.86. The maximum Gasteiger partial charge on any atom is 0.290 e. The summed E-state index contributed by atoms with van der Waals surface area (Å²) in [6.07, 6.45) is 5.85. The first kappa shape index (κ1) is 21.6. The third kappa shape index (κ3) is 4.00. The molecule has 2 fully saturated rings. The molecule has 0 bridgehead atoms.